The van der Waals surface area contributed by atoms with Gasteiger partial charge in [-0.25, -0.2) is 0 Å². The second-order valence-corrected chi connectivity index (χ2v) is 19.7. The summed E-state index contributed by atoms with van der Waals surface area (Å²) in [5.74, 6) is -2.75. The Morgan fingerprint density at radius 2 is 1.65 bits per heavy atom. The van der Waals surface area contributed by atoms with Crippen molar-refractivity contribution in [2.75, 3.05) is 20.8 Å². The molecule has 3 N–H and O–H groups in total. The minimum Gasteiger partial charge on any atom is -0.462 e. The Balaban J connectivity index is 1.16. The van der Waals surface area contributed by atoms with Crippen molar-refractivity contribution in [1.29, 1.82) is 0 Å². The maximum Gasteiger partial charge on any atom is 0.316 e. The highest BCUT2D eigenvalue weighted by atomic mass is 16.7. The summed E-state index contributed by atoms with van der Waals surface area (Å²) in [6, 6.07) is -0.315. The molecular weight excluding hydrogens is 839 g/mol. The molecule has 2 bridgehead atoms. The van der Waals surface area contributed by atoms with Gasteiger partial charge >= 0.3 is 5.97 Å². The van der Waals surface area contributed by atoms with E-state index >= 15 is 0 Å². The lowest BCUT2D eigenvalue weighted by atomic mass is 9.71. The van der Waals surface area contributed by atoms with E-state index in [0.29, 0.717) is 36.8 Å². The van der Waals surface area contributed by atoms with E-state index in [-0.39, 0.29) is 61.0 Å². The van der Waals surface area contributed by atoms with Crippen molar-refractivity contribution in [3.8, 4) is 0 Å². The zero-order valence-corrected chi connectivity index (χ0v) is 40.2. The number of aliphatic hydroxyl groups excluding tert-OH is 1. The summed E-state index contributed by atoms with van der Waals surface area (Å²) in [5.41, 5.74) is 0.116. The van der Waals surface area contributed by atoms with Gasteiger partial charge in [-0.3, -0.25) is 9.59 Å². The van der Waals surface area contributed by atoms with Crippen LogP contribution in [0.2, 0.25) is 0 Å². The van der Waals surface area contributed by atoms with Crippen molar-refractivity contribution >= 4 is 11.9 Å². The highest BCUT2D eigenvalue weighted by Gasteiger charge is 2.60. The van der Waals surface area contributed by atoms with E-state index in [1.165, 1.54) is 6.92 Å². The number of carbonyl (C=O) groups is 2. The molecule has 15 nitrogen and oxygen atoms in total. The molecule has 0 aromatic carbocycles. The molecule has 1 aliphatic carbocycles. The largest absolute Gasteiger partial charge is 0.462 e. The fourth-order valence-electron chi connectivity index (χ4n) is 11.0. The average molecular weight is 914 g/mol. The summed E-state index contributed by atoms with van der Waals surface area (Å²) < 4.78 is 64.4. The monoisotopic (exact) mass is 914 g/mol. The molecule has 0 radical (unpaired) electrons. The number of rotatable bonds is 9. The van der Waals surface area contributed by atoms with Crippen molar-refractivity contribution in [3.05, 3.63) is 59.3 Å². The fourth-order valence-corrected chi connectivity index (χ4v) is 11.0. The standard InChI is InChI=1S/C50H75NO14/c1-12-26(2)45-29(5)18-19-49(65-45)24-36-21-35(64-49)17-16-28(4)44(27(3)14-13-15-34-25-58-47-43(53)30(6)20-37(48(54)61-36)50(34,47)55)62-41-23-39(57-11)46(32(8)60-41)63-40-22-38(56-10)42(31(7)59-40)51-33(9)52/h13-16,18-20,26-27,29,31-32,35-47,53,55H,12,17,21-25H2,1-11H3,(H,51,52). The Bertz CT molecular complexity index is 1850. The third-order valence-corrected chi connectivity index (χ3v) is 14.9. The first-order chi connectivity index (χ1) is 30.9. The van der Waals surface area contributed by atoms with Crippen LogP contribution in [-0.4, -0.2) is 140 Å². The zero-order chi connectivity index (χ0) is 47.0. The normalized spacial score (nSPS) is 45.2. The van der Waals surface area contributed by atoms with Gasteiger partial charge in [0.2, 0.25) is 5.91 Å². The second-order valence-electron chi connectivity index (χ2n) is 19.7. The number of fused-ring (bicyclic) bond motifs is 2. The predicted octanol–water partition coefficient (Wildman–Crippen LogP) is 5.52. The van der Waals surface area contributed by atoms with Gasteiger partial charge in [0.15, 0.2) is 18.4 Å². The third-order valence-electron chi connectivity index (χ3n) is 14.9. The Morgan fingerprint density at radius 3 is 2.35 bits per heavy atom. The van der Waals surface area contributed by atoms with Crippen molar-refractivity contribution in [2.24, 2.45) is 23.7 Å². The van der Waals surface area contributed by atoms with Crippen LogP contribution in [0, 0.1) is 23.7 Å². The van der Waals surface area contributed by atoms with Crippen LogP contribution < -0.4 is 5.32 Å². The summed E-state index contributed by atoms with van der Waals surface area (Å²) in [5, 5.41) is 26.7. The lowest BCUT2D eigenvalue weighted by molar-refractivity contribution is -0.311. The molecule has 0 saturated carbocycles. The van der Waals surface area contributed by atoms with E-state index < -0.39 is 84.7 Å². The van der Waals surface area contributed by atoms with E-state index in [4.69, 9.17) is 47.4 Å². The summed E-state index contributed by atoms with van der Waals surface area (Å²) in [4.78, 5) is 26.3. The first kappa shape index (κ1) is 50.1. The number of esters is 1. The lowest BCUT2D eigenvalue weighted by Gasteiger charge is -2.48. The van der Waals surface area contributed by atoms with Gasteiger partial charge in [-0.2, -0.15) is 0 Å². The van der Waals surface area contributed by atoms with Gasteiger partial charge in [-0.05, 0) is 62.8 Å². The Kier molecular flexibility index (Phi) is 16.0. The molecule has 4 fully saturated rings. The van der Waals surface area contributed by atoms with Crippen LogP contribution in [0.3, 0.4) is 0 Å². The van der Waals surface area contributed by atoms with Gasteiger partial charge in [0.1, 0.15) is 35.9 Å². The van der Waals surface area contributed by atoms with Gasteiger partial charge < -0.3 is 62.9 Å². The van der Waals surface area contributed by atoms with E-state index in [9.17, 15) is 19.8 Å². The molecule has 20 unspecified atom stereocenters. The van der Waals surface area contributed by atoms with E-state index in [2.05, 4.69) is 45.2 Å². The SMILES string of the molecule is CCC(C)C1OC2(C=CC1C)CC1CC(CC=C(C)C(OC3CC(OC)C(OC4CC(OC)C(NC(C)=O)C(C)O4)C(C)O3)C(C)C=CC=C3COC4C(O)C(C)=CC(C(=O)O1)C34O)O2. The summed E-state index contributed by atoms with van der Waals surface area (Å²) in [6.07, 6.45) is 9.46. The predicted molar refractivity (Wildman–Crippen MR) is 239 cm³/mol. The number of aliphatic hydroxyl groups is 2. The smallest absolute Gasteiger partial charge is 0.316 e. The molecule has 7 rings (SSSR count). The zero-order valence-electron chi connectivity index (χ0n) is 40.2. The summed E-state index contributed by atoms with van der Waals surface area (Å²) >= 11 is 0. The van der Waals surface area contributed by atoms with Gasteiger partial charge in [-0.1, -0.05) is 70.6 Å². The topological polar surface area (TPSA) is 179 Å². The van der Waals surface area contributed by atoms with Crippen LogP contribution in [0.4, 0.5) is 0 Å². The molecule has 7 aliphatic rings. The van der Waals surface area contributed by atoms with Crippen LogP contribution in [-0.2, 0) is 57.0 Å². The first-order valence-corrected chi connectivity index (χ1v) is 23.8. The van der Waals surface area contributed by atoms with Crippen molar-refractivity contribution in [1.82, 2.24) is 5.32 Å². The Labute approximate surface area is 385 Å². The Hall–Kier alpha value is -2.80. The van der Waals surface area contributed by atoms with Gasteiger partial charge in [0, 0.05) is 58.7 Å². The molecular formula is C50H75NO14. The van der Waals surface area contributed by atoms with Crippen LogP contribution in [0.25, 0.3) is 0 Å². The number of ether oxygens (including phenoxy) is 10. The van der Waals surface area contributed by atoms with Crippen LogP contribution in [0.5, 0.6) is 0 Å². The van der Waals surface area contributed by atoms with Crippen LogP contribution in [0.1, 0.15) is 101 Å². The number of hydrogen-bond donors (Lipinski definition) is 3. The van der Waals surface area contributed by atoms with Crippen molar-refractivity contribution < 1.29 is 67.2 Å². The number of nitrogens with one attached hydrogen (secondary N) is 1. The van der Waals surface area contributed by atoms with E-state index in [0.717, 1.165) is 12.0 Å². The van der Waals surface area contributed by atoms with Gasteiger partial charge in [0.25, 0.3) is 0 Å². The number of methoxy groups -OCH3 is 2. The maximum absolute atomic E-state index is 14.4. The highest BCUT2D eigenvalue weighted by Crippen LogP contribution is 2.47. The number of amides is 1. The van der Waals surface area contributed by atoms with E-state index in [1.54, 1.807) is 33.3 Å². The molecule has 0 aromatic heterocycles. The molecule has 65 heavy (non-hydrogen) atoms. The molecule has 1 spiro atoms. The van der Waals surface area contributed by atoms with Crippen LogP contribution in [0.15, 0.2) is 59.3 Å². The average Bonchev–Trinajstić information content (AvgIpc) is 3.61. The summed E-state index contributed by atoms with van der Waals surface area (Å²) in [7, 11) is 3.27. The fraction of sp³-hybridized carbons (Fsp3) is 0.760. The number of hydrogen-bond acceptors (Lipinski definition) is 14. The molecule has 0 aromatic rings. The minimum atomic E-state index is -1.84. The molecule has 6 aliphatic heterocycles. The van der Waals surface area contributed by atoms with Gasteiger partial charge in [0.05, 0.1) is 55.4 Å². The number of allylic oxidation sites excluding steroid dienone is 2. The Morgan fingerprint density at radius 1 is 0.938 bits per heavy atom. The second kappa shape index (κ2) is 20.8. The maximum atomic E-state index is 14.4. The molecule has 1 amide bonds. The van der Waals surface area contributed by atoms with Crippen LogP contribution >= 0.6 is 0 Å². The van der Waals surface area contributed by atoms with E-state index in [1.807, 2.05) is 39.0 Å². The van der Waals surface area contributed by atoms with Gasteiger partial charge in [-0.15, -0.1) is 0 Å². The molecule has 15 heteroatoms. The quantitative estimate of drug-likeness (QED) is 0.195. The van der Waals surface area contributed by atoms with Crippen molar-refractivity contribution in [2.45, 2.75) is 198 Å². The number of carbonyl (C=O) groups excluding carboxylic acids is 2. The van der Waals surface area contributed by atoms with Crippen molar-refractivity contribution in [3.63, 3.8) is 0 Å². The molecule has 6 heterocycles. The molecule has 20 atom stereocenters. The lowest BCUT2D eigenvalue weighted by Crippen LogP contribution is -2.58. The molecule has 4 saturated heterocycles. The minimum absolute atomic E-state index is 0.0270. The molecule has 364 valence electrons. The first-order valence-electron chi connectivity index (χ1n) is 23.8. The highest BCUT2D eigenvalue weighted by molar-refractivity contribution is 5.78. The third kappa shape index (κ3) is 10.6. The summed E-state index contributed by atoms with van der Waals surface area (Å²) in [6.45, 7) is 17.7.